The molecule has 20 heavy (non-hydrogen) atoms. The number of hydrogen-bond donors (Lipinski definition) is 0. The van der Waals surface area contributed by atoms with Crippen LogP contribution in [0.2, 0.25) is 0 Å². The Labute approximate surface area is 124 Å². The number of hydrogen-bond acceptors (Lipinski definition) is 4. The van der Waals surface area contributed by atoms with Gasteiger partial charge in [-0.15, -0.1) is 0 Å². The predicted octanol–water partition coefficient (Wildman–Crippen LogP) is 1.83. The highest BCUT2D eigenvalue weighted by molar-refractivity contribution is 7.90. The molecule has 1 atom stereocenters. The van der Waals surface area contributed by atoms with Crippen molar-refractivity contribution in [3.05, 3.63) is 23.3 Å². The quantitative estimate of drug-likeness (QED) is 0.752. The highest BCUT2D eigenvalue weighted by Gasteiger charge is 2.20. The SMILES string of the molecule is CCOc1cc2c(cc1OC)CCN(CC[S+](C)[O-])C2. The van der Waals surface area contributed by atoms with Gasteiger partial charge in [0.05, 0.1) is 20.0 Å². The third kappa shape index (κ3) is 3.81. The van der Waals surface area contributed by atoms with E-state index in [4.69, 9.17) is 9.47 Å². The molecule has 5 heteroatoms. The lowest BCUT2D eigenvalue weighted by Gasteiger charge is -2.29. The number of rotatable bonds is 6. The summed E-state index contributed by atoms with van der Waals surface area (Å²) in [4.78, 5) is 2.35. The van der Waals surface area contributed by atoms with Crippen molar-refractivity contribution >= 4 is 11.2 Å². The van der Waals surface area contributed by atoms with Crippen LogP contribution in [0.3, 0.4) is 0 Å². The van der Waals surface area contributed by atoms with Crippen molar-refractivity contribution in [2.24, 2.45) is 0 Å². The molecule has 1 aliphatic rings. The molecule has 0 bridgehead atoms. The molecule has 0 saturated carbocycles. The van der Waals surface area contributed by atoms with Crippen molar-refractivity contribution in [2.75, 3.05) is 38.8 Å². The number of nitrogens with zero attached hydrogens (tertiary/aromatic N) is 1. The van der Waals surface area contributed by atoms with Crippen LogP contribution in [0.15, 0.2) is 12.1 Å². The van der Waals surface area contributed by atoms with Gasteiger partial charge in [0.15, 0.2) is 11.5 Å². The van der Waals surface area contributed by atoms with Gasteiger partial charge in [0, 0.05) is 19.6 Å². The molecule has 0 aromatic heterocycles. The summed E-state index contributed by atoms with van der Waals surface area (Å²) < 4.78 is 22.2. The standard InChI is InChI=1S/C15H23NO3S/c1-4-19-15-10-13-11-16(7-8-20(3)17)6-5-12(13)9-14(15)18-2/h9-10H,4-8,11H2,1-3H3. The summed E-state index contributed by atoms with van der Waals surface area (Å²) in [7, 11) is 1.68. The molecule has 2 rings (SSSR count). The Balaban J connectivity index is 2.12. The van der Waals surface area contributed by atoms with E-state index in [-0.39, 0.29) is 0 Å². The lowest BCUT2D eigenvalue weighted by atomic mass is 9.99. The molecule has 1 aliphatic heterocycles. The zero-order valence-electron chi connectivity index (χ0n) is 12.5. The Kier molecular flexibility index (Phi) is 5.57. The van der Waals surface area contributed by atoms with Gasteiger partial charge in [-0.3, -0.25) is 4.90 Å². The van der Waals surface area contributed by atoms with Gasteiger partial charge in [0.1, 0.15) is 5.75 Å². The largest absolute Gasteiger partial charge is 0.617 e. The summed E-state index contributed by atoms with van der Waals surface area (Å²) in [5.41, 5.74) is 2.63. The number of fused-ring (bicyclic) bond motifs is 1. The van der Waals surface area contributed by atoms with E-state index >= 15 is 0 Å². The molecule has 0 aliphatic carbocycles. The van der Waals surface area contributed by atoms with Crippen molar-refractivity contribution in [3.8, 4) is 11.5 Å². The smallest absolute Gasteiger partial charge is 0.161 e. The van der Waals surface area contributed by atoms with E-state index in [9.17, 15) is 4.55 Å². The van der Waals surface area contributed by atoms with Crippen molar-refractivity contribution in [3.63, 3.8) is 0 Å². The first kappa shape index (κ1) is 15.5. The van der Waals surface area contributed by atoms with Gasteiger partial charge < -0.3 is 14.0 Å². The second-order valence-electron chi connectivity index (χ2n) is 5.01. The van der Waals surface area contributed by atoms with Crippen LogP contribution in [0.5, 0.6) is 11.5 Å². The van der Waals surface area contributed by atoms with Crippen molar-refractivity contribution in [2.45, 2.75) is 19.9 Å². The summed E-state index contributed by atoms with van der Waals surface area (Å²) >= 11 is -0.724. The van der Waals surface area contributed by atoms with Crippen LogP contribution in [0.25, 0.3) is 0 Å². The number of benzene rings is 1. The van der Waals surface area contributed by atoms with Gasteiger partial charge in [-0.05, 0) is 36.6 Å². The fraction of sp³-hybridized carbons (Fsp3) is 0.600. The molecule has 1 unspecified atom stereocenters. The van der Waals surface area contributed by atoms with Gasteiger partial charge in [0.25, 0.3) is 0 Å². The number of methoxy groups -OCH3 is 1. The molecule has 0 spiro atoms. The zero-order valence-corrected chi connectivity index (χ0v) is 13.3. The highest BCUT2D eigenvalue weighted by atomic mass is 32.2. The van der Waals surface area contributed by atoms with Crippen LogP contribution in [-0.2, 0) is 24.1 Å². The summed E-state index contributed by atoms with van der Waals surface area (Å²) in [6, 6.07) is 4.18. The first-order chi connectivity index (χ1) is 9.63. The maximum Gasteiger partial charge on any atom is 0.161 e. The molecule has 112 valence electrons. The molecule has 1 aromatic rings. The second kappa shape index (κ2) is 7.20. The Morgan fingerprint density at radius 2 is 2.05 bits per heavy atom. The molecule has 0 amide bonds. The lowest BCUT2D eigenvalue weighted by molar-refractivity contribution is 0.265. The van der Waals surface area contributed by atoms with Crippen molar-refractivity contribution in [1.29, 1.82) is 0 Å². The number of ether oxygens (including phenoxy) is 2. The predicted molar refractivity (Wildman–Crippen MR) is 82.1 cm³/mol. The van der Waals surface area contributed by atoms with E-state index in [2.05, 4.69) is 17.0 Å². The van der Waals surface area contributed by atoms with Crippen LogP contribution in [0.4, 0.5) is 0 Å². The molecule has 0 N–H and O–H groups in total. The van der Waals surface area contributed by atoms with Gasteiger partial charge in [-0.1, -0.05) is 11.2 Å². The Morgan fingerprint density at radius 1 is 1.30 bits per heavy atom. The van der Waals surface area contributed by atoms with Gasteiger partial charge in [-0.25, -0.2) is 0 Å². The van der Waals surface area contributed by atoms with Crippen LogP contribution in [-0.4, -0.2) is 48.3 Å². The Morgan fingerprint density at radius 3 is 2.70 bits per heavy atom. The molecule has 1 heterocycles. The van der Waals surface area contributed by atoms with Crippen molar-refractivity contribution < 1.29 is 14.0 Å². The third-order valence-corrected chi connectivity index (χ3v) is 4.33. The van der Waals surface area contributed by atoms with E-state index in [1.54, 1.807) is 13.4 Å². The Bertz CT molecular complexity index is 451. The molecular weight excluding hydrogens is 274 g/mol. The third-order valence-electron chi connectivity index (χ3n) is 3.57. The van der Waals surface area contributed by atoms with E-state index in [0.717, 1.165) is 43.3 Å². The van der Waals surface area contributed by atoms with Gasteiger partial charge >= 0.3 is 0 Å². The minimum Gasteiger partial charge on any atom is -0.617 e. The molecule has 0 saturated heterocycles. The Hall–Kier alpha value is -0.910. The monoisotopic (exact) mass is 297 g/mol. The average molecular weight is 297 g/mol. The molecule has 0 fully saturated rings. The fourth-order valence-electron chi connectivity index (χ4n) is 2.50. The van der Waals surface area contributed by atoms with Crippen LogP contribution in [0, 0.1) is 0 Å². The average Bonchev–Trinajstić information content (AvgIpc) is 2.44. The summed E-state index contributed by atoms with van der Waals surface area (Å²) in [6.07, 6.45) is 2.77. The van der Waals surface area contributed by atoms with Crippen molar-refractivity contribution in [1.82, 2.24) is 4.90 Å². The summed E-state index contributed by atoms with van der Waals surface area (Å²) in [6.45, 7) is 5.41. The van der Waals surface area contributed by atoms with Crippen LogP contribution in [0.1, 0.15) is 18.1 Å². The first-order valence-electron chi connectivity index (χ1n) is 6.99. The molecular formula is C15H23NO3S. The minimum absolute atomic E-state index is 0.633. The van der Waals surface area contributed by atoms with Gasteiger partial charge in [-0.2, -0.15) is 0 Å². The highest BCUT2D eigenvalue weighted by Crippen LogP contribution is 2.33. The normalized spacial score (nSPS) is 16.6. The van der Waals surface area contributed by atoms with Gasteiger partial charge in [0.2, 0.25) is 0 Å². The van der Waals surface area contributed by atoms with Crippen LogP contribution >= 0.6 is 0 Å². The lowest BCUT2D eigenvalue weighted by Crippen LogP contribution is -2.34. The van der Waals surface area contributed by atoms with Crippen LogP contribution < -0.4 is 9.47 Å². The maximum atomic E-state index is 11.2. The summed E-state index contributed by atoms with van der Waals surface area (Å²) in [5, 5.41) is 0. The van der Waals surface area contributed by atoms with E-state index in [1.807, 2.05) is 6.92 Å². The van der Waals surface area contributed by atoms with E-state index in [0.29, 0.717) is 6.61 Å². The first-order valence-corrected chi connectivity index (χ1v) is 8.71. The molecule has 1 aromatic carbocycles. The zero-order chi connectivity index (χ0) is 14.5. The molecule has 4 nitrogen and oxygen atoms in total. The summed E-state index contributed by atoms with van der Waals surface area (Å²) in [5.74, 6) is 2.37. The topological polar surface area (TPSA) is 44.8 Å². The maximum absolute atomic E-state index is 11.2. The fourth-order valence-corrected chi connectivity index (χ4v) is 3.01. The molecule has 0 radical (unpaired) electrons. The van der Waals surface area contributed by atoms with E-state index < -0.39 is 11.2 Å². The second-order valence-corrected chi connectivity index (χ2v) is 6.56. The van der Waals surface area contributed by atoms with E-state index in [1.165, 1.54) is 11.1 Å². The minimum atomic E-state index is -0.724.